The Labute approximate surface area is 124 Å². The molecule has 1 aliphatic carbocycles. The zero-order chi connectivity index (χ0) is 15.5. The van der Waals surface area contributed by atoms with Crippen LogP contribution in [0.5, 0.6) is 0 Å². The van der Waals surface area contributed by atoms with Crippen molar-refractivity contribution in [3.63, 3.8) is 0 Å². The number of hydrogen-bond donors (Lipinski definition) is 2. The minimum atomic E-state index is -3.72. The Bertz CT molecular complexity index is 586. The van der Waals surface area contributed by atoms with E-state index >= 15 is 0 Å². The Morgan fingerprint density at radius 3 is 2.71 bits per heavy atom. The van der Waals surface area contributed by atoms with Crippen LogP contribution in [0.15, 0.2) is 23.1 Å². The lowest BCUT2D eigenvalue weighted by Gasteiger charge is -2.35. The number of rotatable bonds is 7. The van der Waals surface area contributed by atoms with Crippen molar-refractivity contribution in [3.8, 4) is 0 Å². The average Bonchev–Trinajstić information content (AvgIpc) is 2.38. The maximum atomic E-state index is 13.4. The summed E-state index contributed by atoms with van der Waals surface area (Å²) in [6.45, 7) is 2.90. The first-order valence-electron chi connectivity index (χ1n) is 7.03. The van der Waals surface area contributed by atoms with Gasteiger partial charge in [0.2, 0.25) is 10.0 Å². The van der Waals surface area contributed by atoms with Gasteiger partial charge in [0.15, 0.2) is 0 Å². The highest BCUT2D eigenvalue weighted by molar-refractivity contribution is 7.89. The molecule has 2 N–H and O–H groups in total. The fraction of sp³-hybridized carbons (Fsp3) is 0.571. The Morgan fingerprint density at radius 1 is 1.38 bits per heavy atom. The summed E-state index contributed by atoms with van der Waals surface area (Å²) >= 11 is 0. The Morgan fingerprint density at radius 2 is 2.10 bits per heavy atom. The van der Waals surface area contributed by atoms with Crippen molar-refractivity contribution < 1.29 is 17.5 Å². The molecular formula is C14H21FN2O3S. The number of ether oxygens (including phenoxy) is 1. The van der Waals surface area contributed by atoms with Crippen molar-refractivity contribution in [2.75, 3.05) is 13.7 Å². The third kappa shape index (κ3) is 4.00. The maximum absolute atomic E-state index is 13.4. The van der Waals surface area contributed by atoms with Gasteiger partial charge in [-0.1, -0.05) is 6.07 Å². The van der Waals surface area contributed by atoms with Gasteiger partial charge in [-0.2, -0.15) is 0 Å². The minimum absolute atomic E-state index is 0.00305. The van der Waals surface area contributed by atoms with Gasteiger partial charge in [0.1, 0.15) is 5.82 Å². The lowest BCUT2D eigenvalue weighted by Crippen LogP contribution is -2.47. The smallest absolute Gasteiger partial charge is 0.241 e. The van der Waals surface area contributed by atoms with E-state index < -0.39 is 15.8 Å². The van der Waals surface area contributed by atoms with E-state index in [-0.39, 0.29) is 17.0 Å². The van der Waals surface area contributed by atoms with Gasteiger partial charge in [-0.25, -0.2) is 17.5 Å². The van der Waals surface area contributed by atoms with Crippen molar-refractivity contribution in [1.29, 1.82) is 0 Å². The van der Waals surface area contributed by atoms with E-state index in [2.05, 4.69) is 10.0 Å². The molecule has 2 rings (SSSR count). The van der Waals surface area contributed by atoms with E-state index in [4.69, 9.17) is 4.74 Å². The van der Waals surface area contributed by atoms with Crippen molar-refractivity contribution in [2.45, 2.75) is 43.4 Å². The highest BCUT2D eigenvalue weighted by atomic mass is 32.2. The summed E-state index contributed by atoms with van der Waals surface area (Å²) in [5, 5.41) is 2.89. The topological polar surface area (TPSA) is 67.4 Å². The zero-order valence-electron chi connectivity index (χ0n) is 12.2. The summed E-state index contributed by atoms with van der Waals surface area (Å²) in [5.41, 5.74) is 0.548. The second kappa shape index (κ2) is 6.83. The molecule has 0 aliphatic heterocycles. The van der Waals surface area contributed by atoms with Gasteiger partial charge in [-0.3, -0.25) is 0 Å². The third-order valence-electron chi connectivity index (χ3n) is 3.50. The molecule has 0 spiro atoms. The molecule has 0 amide bonds. The predicted molar refractivity (Wildman–Crippen MR) is 77.9 cm³/mol. The molecular weight excluding hydrogens is 295 g/mol. The SMILES string of the molecule is CCOC1CC(NS(=O)(=O)c2cc(F)ccc2CNC)C1. The molecule has 1 aliphatic rings. The predicted octanol–water partition coefficient (Wildman–Crippen LogP) is 1.39. The van der Waals surface area contributed by atoms with Gasteiger partial charge >= 0.3 is 0 Å². The molecule has 0 unspecified atom stereocenters. The molecule has 7 heteroatoms. The molecule has 1 aromatic carbocycles. The highest BCUT2D eigenvalue weighted by Crippen LogP contribution is 2.26. The number of benzene rings is 1. The molecule has 21 heavy (non-hydrogen) atoms. The monoisotopic (exact) mass is 316 g/mol. The molecule has 1 saturated carbocycles. The standard InChI is InChI=1S/C14H21FN2O3S/c1-3-20-13-7-12(8-13)17-21(18,19)14-6-11(15)5-4-10(14)9-16-2/h4-6,12-13,16-17H,3,7-9H2,1-2H3. The molecule has 0 atom stereocenters. The van der Waals surface area contributed by atoms with E-state index in [1.807, 2.05) is 6.92 Å². The number of sulfonamides is 1. The molecule has 1 fully saturated rings. The van der Waals surface area contributed by atoms with Crippen molar-refractivity contribution >= 4 is 10.0 Å². The minimum Gasteiger partial charge on any atom is -0.378 e. The van der Waals surface area contributed by atoms with E-state index in [0.717, 1.165) is 6.07 Å². The lowest BCUT2D eigenvalue weighted by molar-refractivity contribution is -0.00476. The van der Waals surface area contributed by atoms with E-state index in [9.17, 15) is 12.8 Å². The zero-order valence-corrected chi connectivity index (χ0v) is 13.0. The lowest BCUT2D eigenvalue weighted by atomic mass is 9.90. The van der Waals surface area contributed by atoms with Crippen LogP contribution in [0.25, 0.3) is 0 Å². The molecule has 0 heterocycles. The second-order valence-corrected chi connectivity index (χ2v) is 6.83. The van der Waals surface area contributed by atoms with Crippen molar-refractivity contribution in [2.24, 2.45) is 0 Å². The fourth-order valence-corrected chi connectivity index (χ4v) is 3.94. The number of hydrogen-bond acceptors (Lipinski definition) is 4. The molecule has 0 bridgehead atoms. The summed E-state index contributed by atoms with van der Waals surface area (Å²) in [4.78, 5) is -0.00305. The molecule has 118 valence electrons. The quantitative estimate of drug-likeness (QED) is 0.798. The molecule has 1 aromatic rings. The first-order chi connectivity index (χ1) is 9.96. The normalized spacial score (nSPS) is 22.0. The van der Waals surface area contributed by atoms with Gasteiger partial charge in [-0.05, 0) is 44.5 Å². The van der Waals surface area contributed by atoms with E-state index in [1.165, 1.54) is 12.1 Å². The van der Waals surface area contributed by atoms with Crippen molar-refractivity contribution in [3.05, 3.63) is 29.6 Å². The summed E-state index contributed by atoms with van der Waals surface area (Å²) < 4.78 is 46.2. The summed E-state index contributed by atoms with van der Waals surface area (Å²) in [6, 6.07) is 3.68. The molecule has 0 saturated heterocycles. The van der Waals surface area contributed by atoms with Crippen LogP contribution in [0.2, 0.25) is 0 Å². The summed E-state index contributed by atoms with van der Waals surface area (Å²) in [6.07, 6.45) is 1.43. The van der Waals surface area contributed by atoms with Gasteiger partial charge in [0.05, 0.1) is 11.0 Å². The molecule has 0 radical (unpaired) electrons. The van der Waals surface area contributed by atoms with Crippen LogP contribution in [0, 0.1) is 5.82 Å². The largest absolute Gasteiger partial charge is 0.378 e. The first-order valence-corrected chi connectivity index (χ1v) is 8.51. The van der Waals surface area contributed by atoms with Gasteiger partial charge in [0.25, 0.3) is 0 Å². The van der Waals surface area contributed by atoms with Crippen LogP contribution in [-0.2, 0) is 21.3 Å². The molecule has 0 aromatic heterocycles. The Kier molecular flexibility index (Phi) is 5.32. The van der Waals surface area contributed by atoms with Gasteiger partial charge in [0, 0.05) is 19.2 Å². The Hall–Kier alpha value is -1.02. The highest BCUT2D eigenvalue weighted by Gasteiger charge is 2.33. The number of nitrogens with one attached hydrogen (secondary N) is 2. The maximum Gasteiger partial charge on any atom is 0.241 e. The van der Waals surface area contributed by atoms with Crippen LogP contribution in [0.3, 0.4) is 0 Å². The molecule has 5 nitrogen and oxygen atoms in total. The first kappa shape index (κ1) is 16.4. The van der Waals surface area contributed by atoms with E-state index in [1.54, 1.807) is 7.05 Å². The van der Waals surface area contributed by atoms with Crippen LogP contribution in [0.4, 0.5) is 4.39 Å². The van der Waals surface area contributed by atoms with Crippen LogP contribution in [0.1, 0.15) is 25.3 Å². The number of halogens is 1. The third-order valence-corrected chi connectivity index (χ3v) is 5.11. The van der Waals surface area contributed by atoms with E-state index in [0.29, 0.717) is 31.6 Å². The van der Waals surface area contributed by atoms with Crippen molar-refractivity contribution in [1.82, 2.24) is 10.0 Å². The van der Waals surface area contributed by atoms with Gasteiger partial charge < -0.3 is 10.1 Å². The summed E-state index contributed by atoms with van der Waals surface area (Å²) in [7, 11) is -2.01. The second-order valence-electron chi connectivity index (χ2n) is 5.15. The average molecular weight is 316 g/mol. The van der Waals surface area contributed by atoms with Crippen LogP contribution in [-0.4, -0.2) is 34.2 Å². The van der Waals surface area contributed by atoms with Gasteiger partial charge in [-0.15, -0.1) is 0 Å². The summed E-state index contributed by atoms with van der Waals surface area (Å²) in [5.74, 6) is -0.559. The van der Waals surface area contributed by atoms with Crippen LogP contribution < -0.4 is 10.0 Å². The fourth-order valence-electron chi connectivity index (χ4n) is 2.43. The van der Waals surface area contributed by atoms with Crippen LogP contribution >= 0.6 is 0 Å². The Balaban J connectivity index is 2.11.